The molecule has 1 aliphatic carbocycles. The fraction of sp³-hybridized carbons (Fsp3) is 0.370. The zero-order valence-electron chi connectivity index (χ0n) is 20.4. The number of hydrogen-bond acceptors (Lipinski definition) is 1. The van der Waals surface area contributed by atoms with E-state index >= 15 is 0 Å². The first-order chi connectivity index (χ1) is 15.0. The van der Waals surface area contributed by atoms with E-state index in [-0.39, 0.29) is 30.7 Å². The maximum absolute atomic E-state index is 13.1. The Morgan fingerprint density at radius 2 is 1.39 bits per heavy atom. The first-order valence-electron chi connectivity index (χ1n) is 11.6. The zero-order chi connectivity index (χ0) is 22.4. The van der Waals surface area contributed by atoms with Gasteiger partial charge in [-0.15, -0.1) is 0 Å². The summed E-state index contributed by atoms with van der Waals surface area (Å²) in [5, 5.41) is 2.90. The average molecular weight is 537 g/mol. The van der Waals surface area contributed by atoms with Gasteiger partial charge in [-0.2, -0.15) is 0 Å². The summed E-state index contributed by atoms with van der Waals surface area (Å²) >= 11 is -2.15. The maximum Gasteiger partial charge on any atom is -1.00 e. The summed E-state index contributed by atoms with van der Waals surface area (Å²) in [7, 11) is 0. The van der Waals surface area contributed by atoms with Gasteiger partial charge in [-0.05, 0) is 0 Å². The molecule has 0 bridgehead atoms. The van der Waals surface area contributed by atoms with Crippen LogP contribution >= 0.6 is 0 Å². The van der Waals surface area contributed by atoms with Gasteiger partial charge in [0.25, 0.3) is 0 Å². The van der Waals surface area contributed by atoms with Gasteiger partial charge in [0.2, 0.25) is 0 Å². The second-order valence-electron chi connectivity index (χ2n) is 8.74. The van der Waals surface area contributed by atoms with Gasteiger partial charge in [0.05, 0.1) is 0 Å². The van der Waals surface area contributed by atoms with E-state index in [1.165, 1.54) is 27.1 Å². The minimum Gasteiger partial charge on any atom is -1.00 e. The molecule has 2 aromatic carbocycles. The second kappa shape index (κ2) is 14.3. The van der Waals surface area contributed by atoms with Crippen LogP contribution in [-0.2, 0) is 22.2 Å². The van der Waals surface area contributed by atoms with Gasteiger partial charge in [-0.1, -0.05) is 0 Å². The molecule has 0 radical (unpaired) electrons. The van der Waals surface area contributed by atoms with Gasteiger partial charge >= 0.3 is 196 Å². The number of nitrogens with one attached hydrogen (secondary N) is 1. The van der Waals surface area contributed by atoms with Crippen molar-refractivity contribution in [1.82, 2.24) is 3.80 Å². The predicted octanol–water partition coefficient (Wildman–Crippen LogP) is -0.978. The molecule has 0 saturated heterocycles. The molecule has 1 N–H and O–H groups in total. The van der Waals surface area contributed by atoms with Crippen molar-refractivity contribution in [1.29, 1.82) is 0 Å². The van der Waals surface area contributed by atoms with Crippen molar-refractivity contribution in [3.8, 4) is 0 Å². The second-order valence-corrected chi connectivity index (χ2v) is 18.5. The molecule has 1 unspecified atom stereocenters. The quantitative estimate of drug-likeness (QED) is 0.324. The third kappa shape index (κ3) is 7.19. The molecular formula is C27H36Cl2NOSiTi. The van der Waals surface area contributed by atoms with Gasteiger partial charge in [0, 0.05) is 0 Å². The van der Waals surface area contributed by atoms with E-state index in [9.17, 15) is 4.79 Å². The molecule has 0 heterocycles. The van der Waals surface area contributed by atoms with E-state index in [4.69, 9.17) is 0 Å². The first-order valence-corrected chi connectivity index (χ1v) is 17.6. The van der Waals surface area contributed by atoms with Crippen LogP contribution in [0.25, 0.3) is 0 Å². The summed E-state index contributed by atoms with van der Waals surface area (Å²) in [5.74, 6) is 0.705. The van der Waals surface area contributed by atoms with Crippen LogP contribution in [0.4, 0.5) is 0 Å². The van der Waals surface area contributed by atoms with E-state index in [1.807, 2.05) is 0 Å². The number of benzene rings is 2. The van der Waals surface area contributed by atoms with Gasteiger partial charge in [-0.3, -0.25) is 0 Å². The molecule has 2 nitrogen and oxygen atoms in total. The Kier molecular flexibility index (Phi) is 13.0. The average Bonchev–Trinajstić information content (AvgIpc) is 2.97. The number of rotatable bonds is 9. The number of carbonyl (C=O) groups excluding carboxylic acids is 1. The minimum absolute atomic E-state index is 0. The van der Waals surface area contributed by atoms with Crippen LogP contribution in [0.3, 0.4) is 0 Å². The molecule has 177 valence electrons. The number of halogens is 2. The van der Waals surface area contributed by atoms with Crippen molar-refractivity contribution >= 4 is 22.9 Å². The summed E-state index contributed by atoms with van der Waals surface area (Å²) in [4.78, 5) is 13.1. The third-order valence-electron chi connectivity index (χ3n) is 6.77. The number of hydrogen-bond donors (Lipinski definition) is 1. The minimum atomic E-state index is -2.15. The number of carbonyl (C=O) groups is 1. The van der Waals surface area contributed by atoms with Crippen molar-refractivity contribution in [2.24, 2.45) is 5.92 Å². The summed E-state index contributed by atoms with van der Waals surface area (Å²) in [6.45, 7) is 9.76. The predicted molar refractivity (Wildman–Crippen MR) is 132 cm³/mol. The van der Waals surface area contributed by atoms with Crippen LogP contribution in [0.2, 0.25) is 0 Å². The zero-order valence-corrected chi connectivity index (χ0v) is 24.6. The summed E-state index contributed by atoms with van der Waals surface area (Å²) in [5.41, 5.74) is 4.35. The molecule has 0 saturated carbocycles. The van der Waals surface area contributed by atoms with Crippen LogP contribution < -0.4 is 39.0 Å². The Balaban J connectivity index is 0.00000272. The topological polar surface area (TPSA) is 29.1 Å². The Morgan fingerprint density at radius 1 is 0.879 bits per heavy atom. The Bertz CT molecular complexity index is 923. The molecule has 0 aliphatic heterocycles. The first kappa shape index (κ1) is 29.9. The Morgan fingerprint density at radius 3 is 1.82 bits per heavy atom. The van der Waals surface area contributed by atoms with Crippen molar-refractivity contribution in [2.75, 3.05) is 0 Å². The molecule has 3 rings (SSSR count). The van der Waals surface area contributed by atoms with Gasteiger partial charge < -0.3 is 24.8 Å². The monoisotopic (exact) mass is 536 g/mol. The molecule has 33 heavy (non-hydrogen) atoms. The van der Waals surface area contributed by atoms with Gasteiger partial charge in [0.1, 0.15) is 0 Å². The smallest absolute Gasteiger partial charge is 1.00 e. The van der Waals surface area contributed by atoms with Crippen molar-refractivity contribution < 1.29 is 47.0 Å². The van der Waals surface area contributed by atoms with Gasteiger partial charge in [0.15, 0.2) is 0 Å². The van der Waals surface area contributed by atoms with Crippen LogP contribution in [0.15, 0.2) is 81.3 Å². The Labute approximate surface area is 220 Å². The SMILES string of the molecule is CCCCCC(=O)[NH][Ti+2]([C]1=C(C)C(C)=C(C)C1C)[SiH](c1ccccc1)c1ccccc1.[Cl-].[Cl-]. The van der Waals surface area contributed by atoms with Crippen LogP contribution in [0, 0.1) is 5.92 Å². The van der Waals surface area contributed by atoms with Crippen LogP contribution in [0.1, 0.15) is 60.3 Å². The standard InChI is InChI=1S/C12H11Si.C9H13.C6H13NO.2ClH.Ti/c1-3-7-11(8-4-1)13-12-9-5-2-6-10-12;1-6-5-7(2)9(4)8(6)3;1-2-3-4-5-6(7)8;;;/h1-10,13H;6H,1-4H3;2-5H2,1H3,(H2,7,8);2*1H;/q;;;;;+3/p-3. The van der Waals surface area contributed by atoms with E-state index in [0.29, 0.717) is 12.3 Å². The molecule has 1 aliphatic rings. The number of allylic oxidation sites excluding steroid dienone is 4. The molecule has 1 atom stereocenters. The largest absolute Gasteiger partial charge is 1.00 e. The van der Waals surface area contributed by atoms with E-state index in [0.717, 1.165) is 19.3 Å². The normalized spacial score (nSPS) is 15.3. The molecule has 1 amide bonds. The van der Waals surface area contributed by atoms with E-state index in [1.54, 1.807) is 3.88 Å². The number of unbranched alkanes of at least 4 members (excludes halogenated alkanes) is 2. The van der Waals surface area contributed by atoms with Crippen LogP contribution in [-0.4, -0.2) is 12.6 Å². The molecule has 0 spiro atoms. The fourth-order valence-electron chi connectivity index (χ4n) is 4.66. The molecule has 0 aromatic heterocycles. The van der Waals surface area contributed by atoms with Crippen molar-refractivity contribution in [3.63, 3.8) is 0 Å². The summed E-state index contributed by atoms with van der Waals surface area (Å²) < 4.78 is 5.31. The Hall–Kier alpha value is -1.10. The molecule has 2 aromatic rings. The van der Waals surface area contributed by atoms with Crippen molar-refractivity contribution in [3.05, 3.63) is 81.3 Å². The maximum atomic E-state index is 13.1. The third-order valence-corrected chi connectivity index (χ3v) is 20.2. The summed E-state index contributed by atoms with van der Waals surface area (Å²) in [6, 6.07) is 22.0. The molecule has 0 fully saturated rings. The van der Waals surface area contributed by atoms with Gasteiger partial charge in [-0.25, -0.2) is 0 Å². The summed E-state index contributed by atoms with van der Waals surface area (Å²) in [6.07, 6.45) is 3.91. The number of amides is 1. The van der Waals surface area contributed by atoms with E-state index in [2.05, 4.69) is 99.1 Å². The van der Waals surface area contributed by atoms with Crippen LogP contribution in [0.5, 0.6) is 0 Å². The van der Waals surface area contributed by atoms with E-state index < -0.39 is 24.0 Å². The molecule has 6 heteroatoms. The van der Waals surface area contributed by atoms with Crippen molar-refractivity contribution in [2.45, 2.75) is 60.3 Å². The molecular weight excluding hydrogens is 501 g/mol. The fourth-order valence-corrected chi connectivity index (χ4v) is 19.9.